The molecule has 0 fully saturated rings. The Morgan fingerprint density at radius 1 is 0.850 bits per heavy atom. The predicted molar refractivity (Wildman–Crippen MR) is 86.3 cm³/mol. The van der Waals surface area contributed by atoms with Crippen LogP contribution in [0.25, 0.3) is 11.1 Å². The van der Waals surface area contributed by atoms with Gasteiger partial charge in [0.05, 0.1) is 0 Å². The summed E-state index contributed by atoms with van der Waals surface area (Å²) in [7, 11) is -1.88. The second-order valence-electron chi connectivity index (χ2n) is 4.42. The molecule has 4 heteroatoms. The predicted octanol–water partition coefficient (Wildman–Crippen LogP) is 2.44. The Bertz CT molecular complexity index is 554. The van der Waals surface area contributed by atoms with E-state index in [0.717, 1.165) is 22.0 Å². The molecule has 0 aliphatic heterocycles. The first-order chi connectivity index (χ1) is 9.77. The fraction of sp³-hybridized carbons (Fsp3) is 0.250. The Labute approximate surface area is 122 Å². The molecule has 0 aliphatic rings. The average molecular weight is 287 g/mol. The van der Waals surface area contributed by atoms with Crippen molar-refractivity contribution in [3.8, 4) is 11.1 Å². The number of nitrogen functional groups attached to an aromatic ring is 1. The smallest absolute Gasteiger partial charge is 0.356 e. The minimum atomic E-state index is -1.88. The summed E-state index contributed by atoms with van der Waals surface area (Å²) in [4.78, 5) is 0. The number of nitrogens with two attached hydrogens (primary N) is 1. The lowest BCUT2D eigenvalue weighted by Crippen LogP contribution is -2.38. The molecule has 2 aromatic rings. The first-order valence-corrected chi connectivity index (χ1v) is 8.47. The maximum absolute atomic E-state index is 6.10. The van der Waals surface area contributed by atoms with E-state index in [4.69, 9.17) is 14.6 Å². The monoisotopic (exact) mass is 287 g/mol. The molecule has 0 amide bonds. The Balaban J connectivity index is 2.47. The van der Waals surface area contributed by atoms with Gasteiger partial charge in [0.1, 0.15) is 0 Å². The molecule has 0 atom stereocenters. The fourth-order valence-corrected chi connectivity index (χ4v) is 4.06. The van der Waals surface area contributed by atoms with Gasteiger partial charge in [0.15, 0.2) is 0 Å². The number of hydrogen-bond donors (Lipinski definition) is 1. The average Bonchev–Trinajstić information content (AvgIpc) is 2.48. The van der Waals surface area contributed by atoms with Crippen LogP contribution in [0.5, 0.6) is 0 Å². The van der Waals surface area contributed by atoms with E-state index in [1.807, 2.05) is 50.2 Å². The topological polar surface area (TPSA) is 44.5 Å². The molecule has 20 heavy (non-hydrogen) atoms. The lowest BCUT2D eigenvalue weighted by atomic mass is 10.0. The molecule has 0 heterocycles. The third-order valence-electron chi connectivity index (χ3n) is 3.10. The Hall–Kier alpha value is -1.62. The van der Waals surface area contributed by atoms with Gasteiger partial charge in [0.2, 0.25) is 0 Å². The van der Waals surface area contributed by atoms with Crippen molar-refractivity contribution in [2.45, 2.75) is 13.8 Å². The van der Waals surface area contributed by atoms with Crippen LogP contribution in [0.3, 0.4) is 0 Å². The summed E-state index contributed by atoms with van der Waals surface area (Å²) < 4.78 is 11.7. The minimum absolute atomic E-state index is 0.662. The second kappa shape index (κ2) is 7.24. The van der Waals surface area contributed by atoms with Crippen molar-refractivity contribution in [1.82, 2.24) is 0 Å². The zero-order valence-corrected chi connectivity index (χ0v) is 13.2. The summed E-state index contributed by atoms with van der Waals surface area (Å²) in [6, 6.07) is 16.1. The van der Waals surface area contributed by atoms with E-state index < -0.39 is 9.28 Å². The van der Waals surface area contributed by atoms with E-state index in [1.54, 1.807) is 0 Å². The summed E-state index contributed by atoms with van der Waals surface area (Å²) in [6.07, 6.45) is 0. The molecule has 0 saturated carbocycles. The summed E-state index contributed by atoms with van der Waals surface area (Å²) in [6.45, 7) is 5.32. The first-order valence-electron chi connectivity index (χ1n) is 6.95. The molecule has 0 bridgehead atoms. The molecule has 2 aromatic carbocycles. The molecule has 0 aromatic heterocycles. The van der Waals surface area contributed by atoms with Gasteiger partial charge in [-0.1, -0.05) is 42.5 Å². The molecular weight excluding hydrogens is 266 g/mol. The van der Waals surface area contributed by atoms with Crippen molar-refractivity contribution in [3.63, 3.8) is 0 Å². The molecule has 2 rings (SSSR count). The van der Waals surface area contributed by atoms with E-state index in [2.05, 4.69) is 12.1 Å². The third kappa shape index (κ3) is 3.28. The second-order valence-corrected chi connectivity index (χ2v) is 6.37. The van der Waals surface area contributed by atoms with Crippen molar-refractivity contribution in [2.75, 3.05) is 18.9 Å². The summed E-state index contributed by atoms with van der Waals surface area (Å²) in [5.41, 5.74) is 9.04. The van der Waals surface area contributed by atoms with Crippen molar-refractivity contribution < 1.29 is 8.85 Å². The number of benzene rings is 2. The number of rotatable bonds is 6. The van der Waals surface area contributed by atoms with Crippen LogP contribution in [0.1, 0.15) is 13.8 Å². The lowest BCUT2D eigenvalue weighted by molar-refractivity contribution is 0.225. The van der Waals surface area contributed by atoms with E-state index >= 15 is 0 Å². The van der Waals surface area contributed by atoms with Gasteiger partial charge in [0.25, 0.3) is 0 Å². The van der Waals surface area contributed by atoms with E-state index in [9.17, 15) is 0 Å². The van der Waals surface area contributed by atoms with Gasteiger partial charge in [0, 0.05) is 24.5 Å². The van der Waals surface area contributed by atoms with E-state index in [1.165, 1.54) is 0 Å². The SMILES string of the molecule is CCO[SiH](OCC)c1ccccc1-c1ccccc1N. The number of anilines is 1. The summed E-state index contributed by atoms with van der Waals surface area (Å²) in [5, 5.41) is 1.15. The van der Waals surface area contributed by atoms with Crippen LogP contribution < -0.4 is 10.9 Å². The Kier molecular flexibility index (Phi) is 5.35. The maximum atomic E-state index is 6.10. The summed E-state index contributed by atoms with van der Waals surface area (Å²) >= 11 is 0. The van der Waals surface area contributed by atoms with Gasteiger partial charge in [-0.25, -0.2) is 0 Å². The third-order valence-corrected chi connectivity index (χ3v) is 5.39. The molecular formula is C16H21NO2Si. The molecule has 0 unspecified atom stereocenters. The van der Waals surface area contributed by atoms with Crippen LogP contribution in [0.4, 0.5) is 5.69 Å². The van der Waals surface area contributed by atoms with Gasteiger partial charge in [-0.3, -0.25) is 0 Å². The fourth-order valence-electron chi connectivity index (χ4n) is 2.22. The summed E-state index contributed by atoms with van der Waals surface area (Å²) in [5.74, 6) is 0. The van der Waals surface area contributed by atoms with Crippen LogP contribution in [0.2, 0.25) is 0 Å². The first kappa shape index (κ1) is 14.8. The number of hydrogen-bond acceptors (Lipinski definition) is 3. The van der Waals surface area contributed by atoms with Gasteiger partial charge in [-0.05, 0) is 30.7 Å². The highest BCUT2D eigenvalue weighted by molar-refractivity contribution is 6.63. The van der Waals surface area contributed by atoms with Crippen LogP contribution in [0.15, 0.2) is 48.5 Å². The zero-order chi connectivity index (χ0) is 14.4. The van der Waals surface area contributed by atoms with Crippen LogP contribution in [0, 0.1) is 0 Å². The molecule has 0 aliphatic carbocycles. The van der Waals surface area contributed by atoms with Crippen LogP contribution >= 0.6 is 0 Å². The van der Waals surface area contributed by atoms with Crippen molar-refractivity contribution in [2.24, 2.45) is 0 Å². The molecule has 0 saturated heterocycles. The lowest BCUT2D eigenvalue weighted by Gasteiger charge is -2.19. The van der Waals surface area contributed by atoms with E-state index in [0.29, 0.717) is 13.2 Å². The quantitative estimate of drug-likeness (QED) is 0.655. The van der Waals surface area contributed by atoms with E-state index in [-0.39, 0.29) is 0 Å². The molecule has 0 radical (unpaired) electrons. The Morgan fingerprint density at radius 2 is 1.40 bits per heavy atom. The highest BCUT2D eigenvalue weighted by atomic mass is 28.3. The molecule has 0 spiro atoms. The standard InChI is InChI=1S/C16H21NO2Si/c1-3-18-20(19-4-2)16-12-8-6-10-14(16)13-9-5-7-11-15(13)17/h5-12,20H,3-4,17H2,1-2H3. The van der Waals surface area contributed by atoms with Crippen LogP contribution in [-0.2, 0) is 8.85 Å². The maximum Gasteiger partial charge on any atom is 0.356 e. The normalized spacial score (nSPS) is 10.9. The highest BCUT2D eigenvalue weighted by Crippen LogP contribution is 2.24. The highest BCUT2D eigenvalue weighted by Gasteiger charge is 2.20. The van der Waals surface area contributed by atoms with Gasteiger partial charge < -0.3 is 14.6 Å². The largest absolute Gasteiger partial charge is 0.398 e. The molecule has 106 valence electrons. The molecule has 2 N–H and O–H groups in total. The van der Waals surface area contributed by atoms with Gasteiger partial charge in [-0.15, -0.1) is 0 Å². The number of para-hydroxylation sites is 1. The van der Waals surface area contributed by atoms with Gasteiger partial charge in [-0.2, -0.15) is 0 Å². The van der Waals surface area contributed by atoms with Crippen LogP contribution in [-0.4, -0.2) is 22.5 Å². The minimum Gasteiger partial charge on any atom is -0.398 e. The molecule has 3 nitrogen and oxygen atoms in total. The van der Waals surface area contributed by atoms with Crippen molar-refractivity contribution in [3.05, 3.63) is 48.5 Å². The van der Waals surface area contributed by atoms with Gasteiger partial charge >= 0.3 is 9.28 Å². The van der Waals surface area contributed by atoms with Crippen molar-refractivity contribution >= 4 is 20.2 Å². The zero-order valence-electron chi connectivity index (χ0n) is 12.0. The van der Waals surface area contributed by atoms with Crippen molar-refractivity contribution in [1.29, 1.82) is 0 Å². The Morgan fingerprint density at radius 3 is 2.00 bits per heavy atom.